The summed E-state index contributed by atoms with van der Waals surface area (Å²) in [5, 5.41) is 7.72. The summed E-state index contributed by atoms with van der Waals surface area (Å²) in [6, 6.07) is 12.7. The van der Waals surface area contributed by atoms with Crippen molar-refractivity contribution in [1.29, 1.82) is 0 Å². The number of benzene rings is 1. The lowest BCUT2D eigenvalue weighted by atomic mass is 10.0. The van der Waals surface area contributed by atoms with E-state index in [1.165, 1.54) is 5.56 Å². The van der Waals surface area contributed by atoms with Crippen LogP contribution < -0.4 is 5.32 Å². The number of hydrogen-bond donors (Lipinski definition) is 1. The van der Waals surface area contributed by atoms with Crippen LogP contribution in [0.3, 0.4) is 0 Å². The van der Waals surface area contributed by atoms with Gasteiger partial charge in [0.25, 0.3) is 0 Å². The van der Waals surface area contributed by atoms with E-state index >= 15 is 0 Å². The second kappa shape index (κ2) is 5.10. The number of rotatable bonds is 4. The number of fused-ring (bicyclic) bond motifs is 1. The highest BCUT2D eigenvalue weighted by atomic mass is 15.2. The molecule has 0 spiro atoms. The highest BCUT2D eigenvalue weighted by Crippen LogP contribution is 2.23. The highest BCUT2D eigenvalue weighted by Gasteiger charge is 2.11. The number of hydrogen-bond acceptors (Lipinski definition) is 3. The fraction of sp³-hybridized carbons (Fsp3) is 0.200. The first-order valence-electron chi connectivity index (χ1n) is 6.48. The van der Waals surface area contributed by atoms with E-state index in [9.17, 15) is 0 Å². The molecule has 1 N–H and O–H groups in total. The average molecular weight is 252 g/mol. The largest absolute Gasteiger partial charge is 0.361 e. The average Bonchev–Trinajstić information content (AvgIpc) is 2.95. The molecule has 0 fully saturated rings. The van der Waals surface area contributed by atoms with Crippen LogP contribution in [-0.4, -0.2) is 14.6 Å². The van der Waals surface area contributed by atoms with Crippen LogP contribution in [0.2, 0.25) is 0 Å². The van der Waals surface area contributed by atoms with Crippen LogP contribution in [0.15, 0.2) is 55.0 Å². The summed E-state index contributed by atoms with van der Waals surface area (Å²) in [6.07, 6.45) is 6.40. The van der Waals surface area contributed by atoms with Gasteiger partial charge in [-0.3, -0.25) is 0 Å². The lowest BCUT2D eigenvalue weighted by molar-refractivity contribution is 0.744. The molecular weight excluding hydrogens is 236 g/mol. The molecule has 0 aliphatic carbocycles. The molecule has 1 atom stereocenters. The zero-order valence-electron chi connectivity index (χ0n) is 10.8. The fourth-order valence-corrected chi connectivity index (χ4v) is 2.24. The van der Waals surface area contributed by atoms with E-state index in [1.54, 1.807) is 12.4 Å². The Bertz CT molecular complexity index is 660. The molecule has 0 amide bonds. The number of nitrogens with zero attached hydrogens (tertiary/aromatic N) is 3. The van der Waals surface area contributed by atoms with Crippen molar-refractivity contribution in [2.45, 2.75) is 19.4 Å². The van der Waals surface area contributed by atoms with Gasteiger partial charge in [-0.05, 0) is 18.1 Å². The standard InChI is InChI=1S/C15H16N4/c1-2-13(12-6-4-3-5-7-12)18-15-14-8-9-17-19(14)11-10-16-15/h3-11,13H,2H2,1H3,(H,16,18). The summed E-state index contributed by atoms with van der Waals surface area (Å²) in [6.45, 7) is 2.17. The predicted molar refractivity (Wildman–Crippen MR) is 76.1 cm³/mol. The minimum Gasteiger partial charge on any atom is -0.361 e. The van der Waals surface area contributed by atoms with Crippen LogP contribution in [0.4, 0.5) is 5.82 Å². The molecule has 0 radical (unpaired) electrons. The molecule has 3 rings (SSSR count). The van der Waals surface area contributed by atoms with E-state index in [4.69, 9.17) is 0 Å². The van der Waals surface area contributed by atoms with E-state index in [2.05, 4.69) is 46.6 Å². The van der Waals surface area contributed by atoms with Crippen LogP contribution in [0, 0.1) is 0 Å². The second-order valence-electron chi connectivity index (χ2n) is 4.45. The highest BCUT2D eigenvalue weighted by molar-refractivity contribution is 5.67. The SMILES string of the molecule is CCC(Nc1nccn2nccc12)c1ccccc1. The van der Waals surface area contributed by atoms with E-state index in [-0.39, 0.29) is 6.04 Å². The Morgan fingerprint density at radius 2 is 2.00 bits per heavy atom. The van der Waals surface area contributed by atoms with Gasteiger partial charge >= 0.3 is 0 Å². The molecule has 3 aromatic rings. The van der Waals surface area contributed by atoms with Gasteiger partial charge in [-0.1, -0.05) is 37.3 Å². The van der Waals surface area contributed by atoms with Gasteiger partial charge in [-0.25, -0.2) is 9.50 Å². The van der Waals surface area contributed by atoms with Crippen molar-refractivity contribution in [3.63, 3.8) is 0 Å². The summed E-state index contributed by atoms with van der Waals surface area (Å²) >= 11 is 0. The Morgan fingerprint density at radius 3 is 2.79 bits per heavy atom. The summed E-state index contributed by atoms with van der Waals surface area (Å²) in [5.74, 6) is 0.871. The first-order chi connectivity index (χ1) is 9.38. The third kappa shape index (κ3) is 2.29. The van der Waals surface area contributed by atoms with Gasteiger partial charge in [-0.15, -0.1) is 0 Å². The molecular formula is C15H16N4. The van der Waals surface area contributed by atoms with Crippen molar-refractivity contribution in [3.05, 3.63) is 60.6 Å². The molecule has 4 nitrogen and oxygen atoms in total. The van der Waals surface area contributed by atoms with E-state index in [0.29, 0.717) is 0 Å². The van der Waals surface area contributed by atoms with Gasteiger partial charge < -0.3 is 5.32 Å². The molecule has 0 saturated heterocycles. The molecule has 0 saturated carbocycles. The Morgan fingerprint density at radius 1 is 1.16 bits per heavy atom. The van der Waals surface area contributed by atoms with Crippen LogP contribution in [0.25, 0.3) is 5.52 Å². The van der Waals surface area contributed by atoms with Crippen molar-refractivity contribution in [3.8, 4) is 0 Å². The monoisotopic (exact) mass is 252 g/mol. The quantitative estimate of drug-likeness (QED) is 0.774. The Balaban J connectivity index is 1.93. The molecule has 0 bridgehead atoms. The molecule has 96 valence electrons. The maximum atomic E-state index is 4.42. The first-order valence-corrected chi connectivity index (χ1v) is 6.48. The normalized spacial score (nSPS) is 12.5. The van der Waals surface area contributed by atoms with Crippen LogP contribution in [0.5, 0.6) is 0 Å². The van der Waals surface area contributed by atoms with Crippen molar-refractivity contribution >= 4 is 11.3 Å². The zero-order valence-corrected chi connectivity index (χ0v) is 10.8. The van der Waals surface area contributed by atoms with Gasteiger partial charge in [0.1, 0.15) is 5.52 Å². The fourth-order valence-electron chi connectivity index (χ4n) is 2.24. The summed E-state index contributed by atoms with van der Waals surface area (Å²) in [4.78, 5) is 4.42. The Labute approximate surface area is 112 Å². The zero-order chi connectivity index (χ0) is 13.1. The molecule has 1 aromatic carbocycles. The summed E-state index contributed by atoms with van der Waals surface area (Å²) in [5.41, 5.74) is 2.27. The second-order valence-corrected chi connectivity index (χ2v) is 4.45. The maximum absolute atomic E-state index is 4.42. The maximum Gasteiger partial charge on any atom is 0.152 e. The number of aromatic nitrogens is 3. The van der Waals surface area contributed by atoms with E-state index in [0.717, 1.165) is 17.8 Å². The van der Waals surface area contributed by atoms with Gasteiger partial charge in [0, 0.05) is 12.4 Å². The van der Waals surface area contributed by atoms with Gasteiger partial charge in [0.2, 0.25) is 0 Å². The molecule has 0 aliphatic rings. The molecule has 1 unspecified atom stereocenters. The van der Waals surface area contributed by atoms with Crippen molar-refractivity contribution in [1.82, 2.24) is 14.6 Å². The van der Waals surface area contributed by atoms with Gasteiger partial charge in [0.15, 0.2) is 5.82 Å². The van der Waals surface area contributed by atoms with Crippen molar-refractivity contribution in [2.24, 2.45) is 0 Å². The van der Waals surface area contributed by atoms with E-state index in [1.807, 2.05) is 22.8 Å². The number of anilines is 1. The Kier molecular flexibility index (Phi) is 3.14. The van der Waals surface area contributed by atoms with Crippen molar-refractivity contribution in [2.75, 3.05) is 5.32 Å². The Hall–Kier alpha value is -2.36. The lowest BCUT2D eigenvalue weighted by Gasteiger charge is -2.18. The molecule has 0 aliphatic heterocycles. The van der Waals surface area contributed by atoms with Gasteiger partial charge in [0.05, 0.1) is 12.2 Å². The summed E-state index contributed by atoms with van der Waals surface area (Å²) < 4.78 is 1.83. The van der Waals surface area contributed by atoms with Crippen LogP contribution >= 0.6 is 0 Å². The predicted octanol–water partition coefficient (Wildman–Crippen LogP) is 3.29. The number of nitrogens with one attached hydrogen (secondary N) is 1. The minimum absolute atomic E-state index is 0.259. The van der Waals surface area contributed by atoms with Gasteiger partial charge in [-0.2, -0.15) is 5.10 Å². The molecule has 4 heteroatoms. The lowest BCUT2D eigenvalue weighted by Crippen LogP contribution is -2.11. The third-order valence-corrected chi connectivity index (χ3v) is 3.25. The smallest absolute Gasteiger partial charge is 0.152 e. The molecule has 2 aromatic heterocycles. The molecule has 19 heavy (non-hydrogen) atoms. The van der Waals surface area contributed by atoms with Crippen LogP contribution in [0.1, 0.15) is 24.9 Å². The van der Waals surface area contributed by atoms with E-state index < -0.39 is 0 Å². The van der Waals surface area contributed by atoms with Crippen LogP contribution in [-0.2, 0) is 0 Å². The van der Waals surface area contributed by atoms with Crippen molar-refractivity contribution < 1.29 is 0 Å². The first kappa shape index (κ1) is 11.7. The minimum atomic E-state index is 0.259. The topological polar surface area (TPSA) is 42.2 Å². The molecule has 2 heterocycles. The third-order valence-electron chi connectivity index (χ3n) is 3.25. The summed E-state index contributed by atoms with van der Waals surface area (Å²) in [7, 11) is 0.